The molecule has 1 aromatic carbocycles. The summed E-state index contributed by atoms with van der Waals surface area (Å²) in [5.74, 6) is -1.49. The second-order valence-corrected chi connectivity index (χ2v) is 3.88. The van der Waals surface area contributed by atoms with Gasteiger partial charge in [0, 0.05) is 18.2 Å². The molecular formula is C13H13F2N3. The third-order valence-electron chi connectivity index (χ3n) is 2.67. The van der Waals surface area contributed by atoms with Gasteiger partial charge in [-0.2, -0.15) is 10.5 Å². The Bertz CT molecular complexity index is 477. The van der Waals surface area contributed by atoms with Crippen LogP contribution in [0.2, 0.25) is 0 Å². The average Bonchev–Trinajstić information content (AvgIpc) is 2.36. The highest BCUT2D eigenvalue weighted by atomic mass is 19.1. The zero-order valence-corrected chi connectivity index (χ0v) is 10.0. The van der Waals surface area contributed by atoms with Crippen molar-refractivity contribution in [3.05, 3.63) is 34.9 Å². The molecule has 0 fully saturated rings. The van der Waals surface area contributed by atoms with E-state index in [4.69, 9.17) is 10.5 Å². The summed E-state index contributed by atoms with van der Waals surface area (Å²) in [6.07, 6.45) is 0.989. The summed E-state index contributed by atoms with van der Waals surface area (Å²) < 4.78 is 27.1. The highest BCUT2D eigenvalue weighted by Crippen LogP contribution is 2.15. The molecule has 0 radical (unpaired) electrons. The highest BCUT2D eigenvalue weighted by molar-refractivity contribution is 5.34. The average molecular weight is 249 g/mol. The molecular weight excluding hydrogens is 236 g/mol. The Morgan fingerprint density at radius 1 is 1.28 bits per heavy atom. The molecule has 0 spiro atoms. The van der Waals surface area contributed by atoms with Crippen LogP contribution in [0, 0.1) is 34.3 Å². The first-order valence-electron chi connectivity index (χ1n) is 5.60. The van der Waals surface area contributed by atoms with Gasteiger partial charge in [-0.15, -0.1) is 0 Å². The maximum absolute atomic E-state index is 13.5. The standard InChI is InChI=1S/C13H13F2N3/c1-2-10(3-4-16)18-8-11-12(14)5-9(7-17)6-13(11)15/h5-6,10,18H,2-3,8H2,1H3. The van der Waals surface area contributed by atoms with Crippen LogP contribution in [0.4, 0.5) is 8.78 Å². The summed E-state index contributed by atoms with van der Waals surface area (Å²) in [5, 5.41) is 20.1. The number of benzene rings is 1. The Hall–Kier alpha value is -1.98. The molecule has 0 aliphatic carbocycles. The van der Waals surface area contributed by atoms with Crippen molar-refractivity contribution < 1.29 is 8.78 Å². The minimum atomic E-state index is -0.745. The van der Waals surface area contributed by atoms with E-state index in [-0.39, 0.29) is 30.1 Å². The maximum Gasteiger partial charge on any atom is 0.131 e. The largest absolute Gasteiger partial charge is 0.309 e. The summed E-state index contributed by atoms with van der Waals surface area (Å²) in [6, 6.07) is 5.62. The summed E-state index contributed by atoms with van der Waals surface area (Å²) in [5.41, 5.74) is -0.150. The third-order valence-corrected chi connectivity index (χ3v) is 2.67. The predicted molar refractivity (Wildman–Crippen MR) is 62.2 cm³/mol. The smallest absolute Gasteiger partial charge is 0.131 e. The molecule has 0 aliphatic rings. The van der Waals surface area contributed by atoms with Crippen molar-refractivity contribution in [2.75, 3.05) is 0 Å². The molecule has 94 valence electrons. The Morgan fingerprint density at radius 3 is 2.33 bits per heavy atom. The molecule has 18 heavy (non-hydrogen) atoms. The van der Waals surface area contributed by atoms with Crippen molar-refractivity contribution in [3.63, 3.8) is 0 Å². The molecule has 0 aliphatic heterocycles. The van der Waals surface area contributed by atoms with E-state index in [9.17, 15) is 8.78 Å². The minimum absolute atomic E-state index is 0.00353. The zero-order valence-electron chi connectivity index (χ0n) is 10.0. The Balaban J connectivity index is 2.80. The van der Waals surface area contributed by atoms with Crippen molar-refractivity contribution in [1.29, 1.82) is 10.5 Å². The van der Waals surface area contributed by atoms with Crippen molar-refractivity contribution >= 4 is 0 Å². The first-order chi connectivity index (χ1) is 8.62. The first-order valence-corrected chi connectivity index (χ1v) is 5.60. The molecule has 1 aromatic rings. The monoisotopic (exact) mass is 249 g/mol. The molecule has 1 rings (SSSR count). The highest BCUT2D eigenvalue weighted by Gasteiger charge is 2.13. The van der Waals surface area contributed by atoms with Crippen LogP contribution in [0.1, 0.15) is 30.9 Å². The second-order valence-electron chi connectivity index (χ2n) is 3.88. The van der Waals surface area contributed by atoms with Crippen LogP contribution in [-0.2, 0) is 6.54 Å². The van der Waals surface area contributed by atoms with Gasteiger partial charge in [0.05, 0.1) is 24.1 Å². The van der Waals surface area contributed by atoms with Crippen LogP contribution in [-0.4, -0.2) is 6.04 Å². The minimum Gasteiger partial charge on any atom is -0.309 e. The normalized spacial score (nSPS) is 11.6. The fourth-order valence-corrected chi connectivity index (χ4v) is 1.55. The topological polar surface area (TPSA) is 59.6 Å². The van der Waals surface area contributed by atoms with Crippen LogP contribution in [0.25, 0.3) is 0 Å². The lowest BCUT2D eigenvalue weighted by Gasteiger charge is -2.14. The SMILES string of the molecule is CCC(CC#N)NCc1c(F)cc(C#N)cc1F. The fourth-order valence-electron chi connectivity index (χ4n) is 1.55. The lowest BCUT2D eigenvalue weighted by molar-refractivity contribution is 0.475. The van der Waals surface area contributed by atoms with E-state index in [0.717, 1.165) is 12.1 Å². The summed E-state index contributed by atoms with van der Waals surface area (Å²) in [7, 11) is 0. The van der Waals surface area contributed by atoms with Gasteiger partial charge in [-0.1, -0.05) is 6.92 Å². The van der Waals surface area contributed by atoms with E-state index in [0.29, 0.717) is 6.42 Å². The first kappa shape index (κ1) is 14.1. The van der Waals surface area contributed by atoms with Gasteiger partial charge in [-0.05, 0) is 18.6 Å². The lowest BCUT2D eigenvalue weighted by Crippen LogP contribution is -2.28. The number of hydrogen-bond acceptors (Lipinski definition) is 3. The zero-order chi connectivity index (χ0) is 13.5. The predicted octanol–water partition coefficient (Wildman–Crippen LogP) is 2.62. The second kappa shape index (κ2) is 6.68. The van der Waals surface area contributed by atoms with Crippen LogP contribution in [0.3, 0.4) is 0 Å². The van der Waals surface area contributed by atoms with E-state index >= 15 is 0 Å². The van der Waals surface area contributed by atoms with Gasteiger partial charge in [-0.25, -0.2) is 8.78 Å². The van der Waals surface area contributed by atoms with Gasteiger partial charge in [0.25, 0.3) is 0 Å². The number of hydrogen-bond donors (Lipinski definition) is 1. The van der Waals surface area contributed by atoms with Gasteiger partial charge in [0.2, 0.25) is 0 Å². The Morgan fingerprint density at radius 2 is 1.89 bits per heavy atom. The molecule has 0 saturated heterocycles. The maximum atomic E-state index is 13.5. The van der Waals surface area contributed by atoms with Crippen molar-refractivity contribution in [2.24, 2.45) is 0 Å². The van der Waals surface area contributed by atoms with Crippen molar-refractivity contribution in [3.8, 4) is 12.1 Å². The van der Waals surface area contributed by atoms with E-state index < -0.39 is 11.6 Å². The van der Waals surface area contributed by atoms with Crippen LogP contribution in [0.15, 0.2) is 12.1 Å². The molecule has 0 aromatic heterocycles. The lowest BCUT2D eigenvalue weighted by atomic mass is 10.1. The Labute approximate surface area is 105 Å². The van der Waals surface area contributed by atoms with Gasteiger partial charge < -0.3 is 5.32 Å². The van der Waals surface area contributed by atoms with E-state index in [1.165, 1.54) is 0 Å². The van der Waals surface area contributed by atoms with Crippen LogP contribution < -0.4 is 5.32 Å². The molecule has 0 saturated carbocycles. The molecule has 3 nitrogen and oxygen atoms in total. The van der Waals surface area contributed by atoms with Crippen molar-refractivity contribution in [2.45, 2.75) is 32.4 Å². The van der Waals surface area contributed by atoms with Gasteiger partial charge in [0.1, 0.15) is 11.6 Å². The van der Waals surface area contributed by atoms with Gasteiger partial charge >= 0.3 is 0 Å². The number of nitrogens with one attached hydrogen (secondary N) is 1. The molecule has 1 unspecified atom stereocenters. The van der Waals surface area contributed by atoms with Gasteiger partial charge in [0.15, 0.2) is 0 Å². The van der Waals surface area contributed by atoms with Crippen LogP contribution >= 0.6 is 0 Å². The summed E-state index contributed by atoms with van der Waals surface area (Å²) in [6.45, 7) is 1.89. The molecule has 1 N–H and O–H groups in total. The number of nitrogens with zero attached hydrogens (tertiary/aromatic N) is 2. The molecule has 0 bridgehead atoms. The van der Waals surface area contributed by atoms with E-state index in [1.54, 1.807) is 6.07 Å². The van der Waals surface area contributed by atoms with Crippen LogP contribution in [0.5, 0.6) is 0 Å². The molecule has 0 amide bonds. The van der Waals surface area contributed by atoms with Gasteiger partial charge in [-0.3, -0.25) is 0 Å². The van der Waals surface area contributed by atoms with E-state index in [2.05, 4.69) is 5.32 Å². The molecule has 5 heteroatoms. The number of nitriles is 2. The third kappa shape index (κ3) is 3.51. The number of halogens is 2. The quantitative estimate of drug-likeness (QED) is 0.872. The summed E-state index contributed by atoms with van der Waals surface area (Å²) in [4.78, 5) is 0. The molecule has 1 atom stereocenters. The fraction of sp³-hybridized carbons (Fsp3) is 0.385. The van der Waals surface area contributed by atoms with E-state index in [1.807, 2.05) is 13.0 Å². The summed E-state index contributed by atoms with van der Waals surface area (Å²) >= 11 is 0. The van der Waals surface area contributed by atoms with Crippen molar-refractivity contribution in [1.82, 2.24) is 5.32 Å². The Kier molecular flexibility index (Phi) is 5.23. The number of rotatable bonds is 5. The molecule has 0 heterocycles.